The van der Waals surface area contributed by atoms with E-state index in [0.717, 1.165) is 112 Å². The summed E-state index contributed by atoms with van der Waals surface area (Å²) in [5, 5.41) is 14.8. The summed E-state index contributed by atoms with van der Waals surface area (Å²) >= 11 is 0. The average molecular weight is 1620 g/mol. The van der Waals surface area contributed by atoms with Gasteiger partial charge in [0, 0.05) is 132 Å². The van der Waals surface area contributed by atoms with Crippen LogP contribution >= 0.6 is 0 Å². The summed E-state index contributed by atoms with van der Waals surface area (Å²) in [5.74, 6) is 1.41. The van der Waals surface area contributed by atoms with Gasteiger partial charge in [-0.3, -0.25) is 0 Å². The number of benzene rings is 18. The van der Waals surface area contributed by atoms with Crippen molar-refractivity contribution in [2.24, 2.45) is 0 Å². The molecular weight excluding hydrogens is 1550 g/mol. The second-order valence-electron chi connectivity index (χ2n) is 32.9. The van der Waals surface area contributed by atoms with E-state index in [1.807, 2.05) is 48.5 Å². The zero-order chi connectivity index (χ0) is 83.7. The molecule has 0 radical (unpaired) electrons. The largest absolute Gasteiger partial charge is 0.309 e. The Morgan fingerprint density at radius 1 is 0.142 bits per heavy atom. The fourth-order valence-corrected chi connectivity index (χ4v) is 19.8. The van der Waals surface area contributed by atoms with Crippen LogP contribution in [-0.4, -0.2) is 47.3 Å². The lowest BCUT2D eigenvalue weighted by Gasteiger charge is -2.12. The van der Waals surface area contributed by atoms with Gasteiger partial charge in [-0.25, -0.2) is 19.9 Å². The Morgan fingerprint density at radius 3 is 0.598 bits per heavy atom. The van der Waals surface area contributed by atoms with Crippen molar-refractivity contribution in [1.29, 1.82) is 0 Å². The summed E-state index contributed by atoms with van der Waals surface area (Å²) in [6.07, 6.45) is 0. The predicted octanol–water partition coefficient (Wildman–Crippen LogP) is 29.8. The molecule has 10 heteroatoms. The molecule has 8 heterocycles. The number of hydrogen-bond donors (Lipinski definition) is 0. The molecule has 26 aromatic rings. The molecule has 0 saturated carbocycles. The minimum absolute atomic E-state index is 0.705. The molecule has 0 aliphatic carbocycles. The van der Waals surface area contributed by atoms with Crippen LogP contribution < -0.4 is 0 Å². The lowest BCUT2D eigenvalue weighted by atomic mass is 10.1. The number of nitrogens with zero attached hydrogens (tertiary/aromatic N) is 10. The van der Waals surface area contributed by atoms with Crippen molar-refractivity contribution in [1.82, 2.24) is 47.3 Å². The number of aryl methyl sites for hydroxylation is 1. The second-order valence-corrected chi connectivity index (χ2v) is 32.9. The first-order chi connectivity index (χ1) is 62.9. The normalized spacial score (nSPS) is 11.8. The highest BCUT2D eigenvalue weighted by molar-refractivity contribution is 6.17. The maximum Gasteiger partial charge on any atom is 0.160 e. The topological polar surface area (TPSA) is 81.1 Å². The van der Waals surface area contributed by atoms with Crippen molar-refractivity contribution in [2.45, 2.75) is 6.92 Å². The van der Waals surface area contributed by atoms with Crippen molar-refractivity contribution in [3.63, 3.8) is 0 Å². The van der Waals surface area contributed by atoms with Crippen molar-refractivity contribution >= 4 is 131 Å². The van der Waals surface area contributed by atoms with Gasteiger partial charge in [0.25, 0.3) is 0 Å². The Kier molecular flexibility index (Phi) is 17.0. The van der Waals surface area contributed by atoms with Crippen LogP contribution in [0.1, 0.15) is 5.56 Å². The molecule has 0 atom stereocenters. The third kappa shape index (κ3) is 12.1. The number of fused-ring (bicyclic) bond motifs is 18. The zero-order valence-electron chi connectivity index (χ0n) is 69.1. The minimum atomic E-state index is 0.705. The van der Waals surface area contributed by atoms with Crippen LogP contribution in [0.3, 0.4) is 0 Å². The molecular formula is C117H76N10. The van der Waals surface area contributed by atoms with Gasteiger partial charge >= 0.3 is 0 Å². The van der Waals surface area contributed by atoms with Crippen LogP contribution in [0, 0.1) is 6.92 Å². The highest BCUT2D eigenvalue weighted by Gasteiger charge is 2.24. The van der Waals surface area contributed by atoms with Crippen LogP contribution in [0.5, 0.6) is 0 Å². The first-order valence-electron chi connectivity index (χ1n) is 43.2. The highest BCUT2D eigenvalue weighted by atomic mass is 15.0. The lowest BCUT2D eigenvalue weighted by Crippen LogP contribution is -1.97. The smallest absolute Gasteiger partial charge is 0.160 e. The summed E-state index contributed by atoms with van der Waals surface area (Å²) in [6, 6.07) is 159. The Labute approximate surface area is 730 Å². The van der Waals surface area contributed by atoms with E-state index < -0.39 is 0 Å². The third-order valence-electron chi connectivity index (χ3n) is 25.6. The number of rotatable bonds is 12. The van der Waals surface area contributed by atoms with Crippen molar-refractivity contribution in [3.05, 3.63) is 448 Å². The van der Waals surface area contributed by atoms with E-state index in [4.69, 9.17) is 19.9 Å². The molecule has 0 aliphatic rings. The van der Waals surface area contributed by atoms with Gasteiger partial charge in [0.2, 0.25) is 0 Å². The number of aromatic nitrogens is 10. The van der Waals surface area contributed by atoms with Crippen LogP contribution in [0.2, 0.25) is 0 Å². The molecule has 0 bridgehead atoms. The number of hydrogen-bond acceptors (Lipinski definition) is 4. The van der Waals surface area contributed by atoms with Gasteiger partial charge in [0.15, 0.2) is 11.6 Å². The molecule has 0 aliphatic heterocycles. The summed E-state index contributed by atoms with van der Waals surface area (Å²) in [6.45, 7) is 2.17. The fourth-order valence-electron chi connectivity index (χ4n) is 19.8. The third-order valence-corrected chi connectivity index (χ3v) is 25.6. The van der Waals surface area contributed by atoms with Gasteiger partial charge in [-0.15, -0.1) is 0 Å². The van der Waals surface area contributed by atoms with Gasteiger partial charge < -0.3 is 27.4 Å². The number of para-hydroxylation sites is 7. The molecule has 0 saturated heterocycles. The zero-order valence-corrected chi connectivity index (χ0v) is 69.1. The van der Waals surface area contributed by atoms with Gasteiger partial charge in [0.1, 0.15) is 0 Å². The van der Waals surface area contributed by atoms with Crippen LogP contribution in [0.15, 0.2) is 443 Å². The van der Waals surface area contributed by atoms with Gasteiger partial charge in [-0.1, -0.05) is 285 Å². The summed E-state index contributed by atoms with van der Waals surface area (Å²) < 4.78 is 14.5. The fraction of sp³-hybridized carbons (Fsp3) is 0.00855. The van der Waals surface area contributed by atoms with E-state index >= 15 is 0 Å². The summed E-state index contributed by atoms with van der Waals surface area (Å²) in [7, 11) is 0. The van der Waals surface area contributed by atoms with Crippen LogP contribution in [-0.2, 0) is 0 Å². The highest BCUT2D eigenvalue weighted by Crippen LogP contribution is 2.45. The van der Waals surface area contributed by atoms with Crippen molar-refractivity contribution in [3.8, 4) is 102 Å². The quantitative estimate of drug-likeness (QED) is 0.122. The van der Waals surface area contributed by atoms with E-state index in [-0.39, 0.29) is 0 Å². The molecule has 0 N–H and O–H groups in total. The van der Waals surface area contributed by atoms with E-state index in [2.05, 4.69) is 429 Å². The maximum absolute atomic E-state index is 5.13. The molecule has 8 aromatic heterocycles. The first-order valence-corrected chi connectivity index (χ1v) is 43.2. The molecule has 26 rings (SSSR count). The van der Waals surface area contributed by atoms with Crippen LogP contribution in [0.4, 0.5) is 0 Å². The van der Waals surface area contributed by atoms with Gasteiger partial charge in [0.05, 0.1) is 89.0 Å². The molecule has 594 valence electrons. The Hall–Kier alpha value is -17.1. The molecule has 18 aromatic carbocycles. The van der Waals surface area contributed by atoms with Crippen molar-refractivity contribution < 1.29 is 0 Å². The average Bonchev–Trinajstić information content (AvgIpc) is 1.57. The maximum atomic E-state index is 5.13. The standard InChI is InChI=1S/C59H39N5.C58H37N5/c1-38-24-31-56-48(34-38)47-20-10-13-23-55(47)64(56)44-30-33-58-50(36-44)49-35-43(63-53-21-11-8-18-45(53)46-19-9-12-22-54(46)63)29-32-57(49)62(58)42-27-25-40(26-28-42)52-37-51(39-14-4-2-5-15-39)60-59(61-52)41-16-6-3-7-17-41;1-3-15-38(16-4-1)50-37-51(60-58(59-50)40-17-5-2-6-18-40)39-27-29-41(30-28-39)61-56-33-31-42(62-52-23-11-7-19-44(52)45-20-8-12-24-53(45)62)35-48(56)49-36-43(32-34-57(49)61)63-54-25-13-9-21-46(54)47-22-10-14-26-55(47)63/h2-37H,1H3;1-37H. The summed E-state index contributed by atoms with van der Waals surface area (Å²) in [4.78, 5) is 20.3. The molecule has 10 nitrogen and oxygen atoms in total. The predicted molar refractivity (Wildman–Crippen MR) is 527 cm³/mol. The molecule has 0 unspecified atom stereocenters. The van der Waals surface area contributed by atoms with E-state index in [1.54, 1.807) is 0 Å². The molecule has 0 spiro atoms. The van der Waals surface area contributed by atoms with Crippen molar-refractivity contribution in [2.75, 3.05) is 0 Å². The SMILES string of the molecule is Cc1ccc2c(c1)c1ccccc1n2-c1ccc2c(c1)c1cc(-n3c4ccccc4c4ccccc43)ccc1n2-c1ccc(-c2cc(-c3ccccc3)nc(-c3ccccc3)n2)cc1.c1ccc(-c2cc(-c3ccc(-n4c5ccc(-n6c7ccccc7c7ccccc76)cc5c5cc(-n6c7ccccc7c7ccccc76)ccc54)cc3)nc(-c3ccccc3)n2)cc1. The van der Waals surface area contributed by atoms with Crippen LogP contribution in [0.25, 0.3) is 233 Å². The van der Waals surface area contributed by atoms with Gasteiger partial charge in [-0.2, -0.15) is 0 Å². The molecule has 0 fully saturated rings. The second kappa shape index (κ2) is 29.6. The first kappa shape index (κ1) is 72.7. The Morgan fingerprint density at radius 2 is 0.331 bits per heavy atom. The Bertz CT molecular complexity index is 8430. The molecule has 127 heavy (non-hydrogen) atoms. The lowest BCUT2D eigenvalue weighted by molar-refractivity contribution is 1.16. The van der Waals surface area contributed by atoms with Gasteiger partial charge in [-0.05, 0) is 171 Å². The minimum Gasteiger partial charge on any atom is -0.309 e. The van der Waals surface area contributed by atoms with E-state index in [1.165, 1.54) is 114 Å². The van der Waals surface area contributed by atoms with E-state index in [0.29, 0.717) is 11.6 Å². The van der Waals surface area contributed by atoms with E-state index in [9.17, 15) is 0 Å². The monoisotopic (exact) mass is 1620 g/mol. The molecule has 0 amide bonds. The Balaban J connectivity index is 0.000000138. The summed E-state index contributed by atoms with van der Waals surface area (Å²) in [5.41, 5.74) is 31.7.